The molecule has 0 aromatic heterocycles. The first kappa shape index (κ1) is 11.7. The molecule has 2 aromatic rings. The Morgan fingerprint density at radius 2 is 2.06 bits per heavy atom. The molecule has 0 saturated heterocycles. The average Bonchev–Trinajstić information content (AvgIpc) is 2.34. The Kier molecular flexibility index (Phi) is 3.17. The maximum absolute atomic E-state index is 11.3. The van der Waals surface area contributed by atoms with Crippen molar-refractivity contribution in [1.82, 2.24) is 0 Å². The van der Waals surface area contributed by atoms with Crippen LogP contribution in [0.4, 0.5) is 5.69 Å². The number of phenolic OH excluding ortho intramolecular Hbond substituents is 1. The maximum Gasteiger partial charge on any atom is 0.238 e. The number of carbonyl (C=O) groups excluding carboxylic acids is 1. The third-order valence-electron chi connectivity index (χ3n) is 2.44. The molecule has 0 spiro atoms. The predicted octanol–water partition coefficient (Wildman–Crippen LogP) is 2.10. The van der Waals surface area contributed by atoms with Crippen molar-refractivity contribution in [3.8, 4) is 5.75 Å². The SMILES string of the molecule is NCC(=O)Nc1cccc2c(O)c(Cl)ccc12. The fraction of sp³-hybridized carbons (Fsp3) is 0.0833. The molecular weight excluding hydrogens is 240 g/mol. The van der Waals surface area contributed by atoms with Gasteiger partial charge in [-0.15, -0.1) is 0 Å². The number of nitrogens with two attached hydrogens (primary N) is 1. The second-order valence-electron chi connectivity index (χ2n) is 3.55. The lowest BCUT2D eigenvalue weighted by Gasteiger charge is -2.09. The van der Waals surface area contributed by atoms with Gasteiger partial charge in [0.25, 0.3) is 0 Å². The highest BCUT2D eigenvalue weighted by atomic mass is 35.5. The molecule has 0 bridgehead atoms. The number of nitrogens with one attached hydrogen (secondary N) is 1. The van der Waals surface area contributed by atoms with E-state index in [1.165, 1.54) is 0 Å². The molecule has 0 fully saturated rings. The lowest BCUT2D eigenvalue weighted by atomic mass is 10.1. The van der Waals surface area contributed by atoms with Crippen molar-refractivity contribution in [2.24, 2.45) is 5.73 Å². The van der Waals surface area contributed by atoms with Crippen LogP contribution in [0.1, 0.15) is 0 Å². The van der Waals surface area contributed by atoms with Crippen LogP contribution in [0.3, 0.4) is 0 Å². The smallest absolute Gasteiger partial charge is 0.238 e. The molecular formula is C12H11ClN2O2. The summed E-state index contributed by atoms with van der Waals surface area (Å²) in [7, 11) is 0. The monoisotopic (exact) mass is 250 g/mol. The largest absolute Gasteiger partial charge is 0.506 e. The van der Waals surface area contributed by atoms with Gasteiger partial charge in [-0.1, -0.05) is 29.8 Å². The molecule has 0 heterocycles. The maximum atomic E-state index is 11.3. The molecule has 0 aliphatic carbocycles. The molecule has 5 heteroatoms. The van der Waals surface area contributed by atoms with E-state index in [2.05, 4.69) is 5.32 Å². The van der Waals surface area contributed by atoms with Gasteiger partial charge in [-0.2, -0.15) is 0 Å². The summed E-state index contributed by atoms with van der Waals surface area (Å²) in [5, 5.41) is 14.1. The summed E-state index contributed by atoms with van der Waals surface area (Å²) in [5.41, 5.74) is 5.84. The Labute approximate surface area is 103 Å². The number of hydrogen-bond donors (Lipinski definition) is 3. The summed E-state index contributed by atoms with van der Waals surface area (Å²) in [6.45, 7) is -0.0873. The standard InChI is InChI=1S/C12H11ClN2O2/c13-9-5-4-7-8(12(9)17)2-1-3-10(7)15-11(16)6-14/h1-5,17H,6,14H2,(H,15,16). The van der Waals surface area contributed by atoms with Gasteiger partial charge in [-0.25, -0.2) is 0 Å². The van der Waals surface area contributed by atoms with E-state index < -0.39 is 0 Å². The quantitative estimate of drug-likeness (QED) is 0.764. The number of amides is 1. The number of anilines is 1. The third-order valence-corrected chi connectivity index (χ3v) is 2.75. The van der Waals surface area contributed by atoms with Crippen LogP contribution in [0.25, 0.3) is 10.8 Å². The van der Waals surface area contributed by atoms with E-state index in [0.29, 0.717) is 11.1 Å². The molecule has 1 amide bonds. The number of carbonyl (C=O) groups is 1. The van der Waals surface area contributed by atoms with Crippen molar-refractivity contribution in [2.75, 3.05) is 11.9 Å². The van der Waals surface area contributed by atoms with Gasteiger partial charge >= 0.3 is 0 Å². The van der Waals surface area contributed by atoms with Crippen LogP contribution >= 0.6 is 11.6 Å². The number of aromatic hydroxyl groups is 1. The Bertz CT molecular complexity index is 584. The van der Waals surface area contributed by atoms with Crippen molar-refractivity contribution in [1.29, 1.82) is 0 Å². The Balaban J connectivity index is 2.58. The van der Waals surface area contributed by atoms with Gasteiger partial charge in [0.1, 0.15) is 5.75 Å². The van der Waals surface area contributed by atoms with Crippen LogP contribution in [0.15, 0.2) is 30.3 Å². The van der Waals surface area contributed by atoms with Gasteiger partial charge in [-0.3, -0.25) is 4.79 Å². The summed E-state index contributed by atoms with van der Waals surface area (Å²) in [6, 6.07) is 8.52. The van der Waals surface area contributed by atoms with Crippen molar-refractivity contribution in [2.45, 2.75) is 0 Å². The van der Waals surface area contributed by atoms with E-state index in [1.54, 1.807) is 30.3 Å². The third kappa shape index (κ3) is 2.18. The first-order valence-corrected chi connectivity index (χ1v) is 5.41. The van der Waals surface area contributed by atoms with Gasteiger partial charge in [0.05, 0.1) is 11.6 Å². The summed E-state index contributed by atoms with van der Waals surface area (Å²) in [6.07, 6.45) is 0. The zero-order chi connectivity index (χ0) is 12.4. The second-order valence-corrected chi connectivity index (χ2v) is 3.96. The van der Waals surface area contributed by atoms with Crippen molar-refractivity contribution < 1.29 is 9.90 Å². The summed E-state index contributed by atoms with van der Waals surface area (Å²) in [4.78, 5) is 11.3. The molecule has 0 aliphatic rings. The minimum Gasteiger partial charge on any atom is -0.506 e. The number of hydrogen-bond acceptors (Lipinski definition) is 3. The molecule has 0 atom stereocenters. The number of fused-ring (bicyclic) bond motifs is 1. The van der Waals surface area contributed by atoms with Crippen molar-refractivity contribution >= 4 is 34.0 Å². The molecule has 17 heavy (non-hydrogen) atoms. The molecule has 4 N–H and O–H groups in total. The van der Waals surface area contributed by atoms with Gasteiger partial charge in [0, 0.05) is 16.5 Å². The van der Waals surface area contributed by atoms with E-state index in [1.807, 2.05) is 0 Å². The van der Waals surface area contributed by atoms with Gasteiger partial charge in [-0.05, 0) is 12.1 Å². The van der Waals surface area contributed by atoms with E-state index in [-0.39, 0.29) is 23.2 Å². The molecule has 0 radical (unpaired) electrons. The van der Waals surface area contributed by atoms with E-state index >= 15 is 0 Å². The fourth-order valence-corrected chi connectivity index (χ4v) is 1.79. The van der Waals surface area contributed by atoms with Gasteiger partial charge < -0.3 is 16.2 Å². The predicted molar refractivity (Wildman–Crippen MR) is 68.3 cm³/mol. The molecule has 2 rings (SSSR count). The summed E-state index contributed by atoms with van der Waals surface area (Å²) < 4.78 is 0. The first-order chi connectivity index (χ1) is 8.13. The summed E-state index contributed by atoms with van der Waals surface area (Å²) in [5.74, 6) is -0.278. The number of rotatable bonds is 2. The van der Waals surface area contributed by atoms with Crippen LogP contribution in [0.2, 0.25) is 5.02 Å². The van der Waals surface area contributed by atoms with Crippen molar-refractivity contribution in [3.63, 3.8) is 0 Å². The second kappa shape index (κ2) is 4.61. The highest BCUT2D eigenvalue weighted by molar-refractivity contribution is 6.33. The van der Waals surface area contributed by atoms with Gasteiger partial charge in [0.2, 0.25) is 5.91 Å². The van der Waals surface area contributed by atoms with Crippen LogP contribution in [-0.2, 0) is 4.79 Å². The zero-order valence-corrected chi connectivity index (χ0v) is 9.66. The molecule has 0 saturated carbocycles. The first-order valence-electron chi connectivity index (χ1n) is 5.03. The lowest BCUT2D eigenvalue weighted by molar-refractivity contribution is -0.114. The van der Waals surface area contributed by atoms with Crippen LogP contribution < -0.4 is 11.1 Å². The van der Waals surface area contributed by atoms with Crippen molar-refractivity contribution in [3.05, 3.63) is 35.4 Å². The minimum absolute atomic E-state index is 0.00742. The van der Waals surface area contributed by atoms with Crippen LogP contribution in [-0.4, -0.2) is 17.6 Å². The fourth-order valence-electron chi connectivity index (χ4n) is 1.63. The topological polar surface area (TPSA) is 75.4 Å². The number of halogens is 1. The van der Waals surface area contributed by atoms with Crippen LogP contribution in [0, 0.1) is 0 Å². The number of benzene rings is 2. The molecule has 4 nitrogen and oxygen atoms in total. The average molecular weight is 251 g/mol. The van der Waals surface area contributed by atoms with Crippen LogP contribution in [0.5, 0.6) is 5.75 Å². The van der Waals surface area contributed by atoms with E-state index in [4.69, 9.17) is 17.3 Å². The highest BCUT2D eigenvalue weighted by Gasteiger charge is 2.08. The molecule has 0 aliphatic heterocycles. The highest BCUT2D eigenvalue weighted by Crippen LogP contribution is 2.35. The molecule has 0 unspecified atom stereocenters. The zero-order valence-electron chi connectivity index (χ0n) is 8.90. The Morgan fingerprint density at radius 1 is 1.29 bits per heavy atom. The number of phenols is 1. The lowest BCUT2D eigenvalue weighted by Crippen LogP contribution is -2.21. The molecule has 88 valence electrons. The van der Waals surface area contributed by atoms with E-state index in [0.717, 1.165) is 5.39 Å². The Hall–Kier alpha value is -1.78. The van der Waals surface area contributed by atoms with E-state index in [9.17, 15) is 9.90 Å². The summed E-state index contributed by atoms with van der Waals surface area (Å²) >= 11 is 5.82. The normalized spacial score (nSPS) is 10.5. The molecule has 2 aromatic carbocycles. The minimum atomic E-state index is -0.285. The Morgan fingerprint density at radius 3 is 2.76 bits per heavy atom. The van der Waals surface area contributed by atoms with Gasteiger partial charge in [0.15, 0.2) is 0 Å².